The zero-order valence-electron chi connectivity index (χ0n) is 11.0. The number of benzene rings is 1. The van der Waals surface area contributed by atoms with E-state index in [1.54, 1.807) is 0 Å². The second-order valence-electron chi connectivity index (χ2n) is 4.37. The third kappa shape index (κ3) is 2.88. The fraction of sp³-hybridized carbons (Fsp3) is 0.250. The van der Waals surface area contributed by atoms with Crippen LogP contribution in [0.5, 0.6) is 0 Å². The summed E-state index contributed by atoms with van der Waals surface area (Å²) in [5, 5.41) is 0.495. The lowest BCUT2D eigenvalue weighted by Crippen LogP contribution is -2.19. The highest BCUT2D eigenvalue weighted by Gasteiger charge is 2.22. The lowest BCUT2D eigenvalue weighted by molar-refractivity contribution is 0.434. The van der Waals surface area contributed by atoms with Gasteiger partial charge in [-0.1, -0.05) is 60.8 Å². The van der Waals surface area contributed by atoms with E-state index in [1.807, 2.05) is 17.8 Å². The van der Waals surface area contributed by atoms with Gasteiger partial charge < -0.3 is 4.90 Å². The van der Waals surface area contributed by atoms with Gasteiger partial charge in [-0.3, -0.25) is 0 Å². The van der Waals surface area contributed by atoms with E-state index >= 15 is 0 Å². The summed E-state index contributed by atoms with van der Waals surface area (Å²) in [7, 11) is 2.12. The molecule has 1 heterocycles. The predicted octanol–water partition coefficient (Wildman–Crippen LogP) is 4.21. The zero-order valence-corrected chi connectivity index (χ0v) is 11.8. The van der Waals surface area contributed by atoms with Crippen molar-refractivity contribution in [1.82, 2.24) is 4.90 Å². The van der Waals surface area contributed by atoms with Crippen LogP contribution in [-0.2, 0) is 6.42 Å². The average molecular weight is 257 g/mol. The van der Waals surface area contributed by atoms with Crippen molar-refractivity contribution in [3.05, 3.63) is 71.3 Å². The molecular formula is C16H19NS. The Morgan fingerprint density at radius 3 is 2.72 bits per heavy atom. The lowest BCUT2D eigenvalue weighted by Gasteiger charge is -2.18. The van der Waals surface area contributed by atoms with Gasteiger partial charge in [0.1, 0.15) is 0 Å². The molecule has 0 radical (unpaired) electrons. The van der Waals surface area contributed by atoms with Crippen molar-refractivity contribution in [2.75, 3.05) is 7.05 Å². The standard InChI is InChI=1S/C16H19NS/c1-4-15-16(18-13(2)17(15)3)12-8-11-14-9-6-5-7-10-14/h4-10,12-13H,1,11H2,2-3H3/b12-8-. The molecule has 0 saturated heterocycles. The third-order valence-electron chi connectivity index (χ3n) is 3.13. The number of thioether (sulfide) groups is 1. The van der Waals surface area contributed by atoms with Gasteiger partial charge >= 0.3 is 0 Å². The molecule has 0 N–H and O–H groups in total. The third-order valence-corrected chi connectivity index (χ3v) is 4.39. The van der Waals surface area contributed by atoms with Gasteiger partial charge in [0.25, 0.3) is 0 Å². The Balaban J connectivity index is 2.05. The Kier molecular flexibility index (Phi) is 4.32. The molecule has 1 atom stereocenters. The summed E-state index contributed by atoms with van der Waals surface area (Å²) in [6, 6.07) is 10.5. The van der Waals surface area contributed by atoms with Crippen LogP contribution in [0.25, 0.3) is 0 Å². The van der Waals surface area contributed by atoms with E-state index in [2.05, 4.69) is 67.9 Å². The van der Waals surface area contributed by atoms with Gasteiger partial charge in [0.2, 0.25) is 0 Å². The second-order valence-corrected chi connectivity index (χ2v) is 5.73. The molecule has 0 bridgehead atoms. The van der Waals surface area contributed by atoms with E-state index in [4.69, 9.17) is 0 Å². The Hall–Kier alpha value is -1.41. The molecule has 18 heavy (non-hydrogen) atoms. The van der Waals surface area contributed by atoms with Crippen molar-refractivity contribution in [3.8, 4) is 0 Å². The van der Waals surface area contributed by atoms with Gasteiger partial charge in [0.15, 0.2) is 0 Å². The summed E-state index contributed by atoms with van der Waals surface area (Å²) in [6.07, 6.45) is 7.37. The topological polar surface area (TPSA) is 3.24 Å². The maximum absolute atomic E-state index is 3.90. The van der Waals surface area contributed by atoms with E-state index in [9.17, 15) is 0 Å². The van der Waals surface area contributed by atoms with Crippen molar-refractivity contribution in [3.63, 3.8) is 0 Å². The second kappa shape index (κ2) is 5.96. The van der Waals surface area contributed by atoms with E-state index in [0.29, 0.717) is 5.37 Å². The van der Waals surface area contributed by atoms with Gasteiger partial charge in [-0.25, -0.2) is 0 Å². The highest BCUT2D eigenvalue weighted by Crippen LogP contribution is 2.37. The van der Waals surface area contributed by atoms with Crippen molar-refractivity contribution in [2.45, 2.75) is 18.7 Å². The molecular weight excluding hydrogens is 238 g/mol. The minimum atomic E-state index is 0.495. The highest BCUT2D eigenvalue weighted by molar-refractivity contribution is 8.04. The van der Waals surface area contributed by atoms with Crippen LogP contribution in [-0.4, -0.2) is 17.3 Å². The molecule has 0 saturated carbocycles. The molecule has 94 valence electrons. The molecule has 1 aliphatic heterocycles. The normalized spacial score (nSPS) is 19.9. The van der Waals surface area contributed by atoms with Gasteiger partial charge in [-0.15, -0.1) is 0 Å². The van der Waals surface area contributed by atoms with Crippen LogP contribution in [0.1, 0.15) is 12.5 Å². The first-order valence-electron chi connectivity index (χ1n) is 6.19. The number of hydrogen-bond donors (Lipinski definition) is 0. The SMILES string of the molecule is C=CC1=C(/C=C\Cc2ccccc2)SC(C)N1C. The molecule has 0 amide bonds. The Labute approximate surface area is 114 Å². The first-order valence-corrected chi connectivity index (χ1v) is 7.07. The van der Waals surface area contributed by atoms with Crippen LogP contribution in [0.2, 0.25) is 0 Å². The fourth-order valence-electron chi connectivity index (χ4n) is 1.98. The molecule has 0 aliphatic carbocycles. The van der Waals surface area contributed by atoms with Crippen molar-refractivity contribution < 1.29 is 0 Å². The van der Waals surface area contributed by atoms with Crippen molar-refractivity contribution >= 4 is 11.8 Å². The molecule has 0 aromatic heterocycles. The van der Waals surface area contributed by atoms with Crippen LogP contribution in [0.4, 0.5) is 0 Å². The van der Waals surface area contributed by atoms with Gasteiger partial charge in [0, 0.05) is 12.0 Å². The fourth-order valence-corrected chi connectivity index (χ4v) is 3.14. The molecule has 2 rings (SSSR count). The first-order chi connectivity index (χ1) is 8.72. The maximum atomic E-state index is 3.90. The number of hydrogen-bond acceptors (Lipinski definition) is 2. The summed E-state index contributed by atoms with van der Waals surface area (Å²) < 4.78 is 0. The van der Waals surface area contributed by atoms with Gasteiger partial charge in [-0.2, -0.15) is 0 Å². The quantitative estimate of drug-likeness (QED) is 0.795. The largest absolute Gasteiger partial charge is 0.362 e. The average Bonchev–Trinajstić information content (AvgIpc) is 2.66. The first kappa shape index (κ1) is 13.0. The molecule has 1 aliphatic rings. The number of rotatable bonds is 4. The van der Waals surface area contributed by atoms with E-state index < -0.39 is 0 Å². The lowest BCUT2D eigenvalue weighted by atomic mass is 10.1. The van der Waals surface area contributed by atoms with Crippen LogP contribution in [0.15, 0.2) is 65.7 Å². The van der Waals surface area contributed by atoms with E-state index in [1.165, 1.54) is 16.2 Å². The highest BCUT2D eigenvalue weighted by atomic mass is 32.2. The Morgan fingerprint density at radius 1 is 1.33 bits per heavy atom. The Morgan fingerprint density at radius 2 is 2.06 bits per heavy atom. The number of allylic oxidation sites excluding steroid dienone is 3. The van der Waals surface area contributed by atoms with Crippen LogP contribution in [0, 0.1) is 0 Å². The van der Waals surface area contributed by atoms with Gasteiger partial charge in [0.05, 0.1) is 11.1 Å². The summed E-state index contributed by atoms with van der Waals surface area (Å²) in [5.41, 5.74) is 2.58. The molecule has 0 spiro atoms. The van der Waals surface area contributed by atoms with Crippen LogP contribution in [0.3, 0.4) is 0 Å². The molecule has 1 aromatic carbocycles. The monoisotopic (exact) mass is 257 g/mol. The van der Waals surface area contributed by atoms with Crippen LogP contribution < -0.4 is 0 Å². The van der Waals surface area contributed by atoms with Crippen molar-refractivity contribution in [1.29, 1.82) is 0 Å². The zero-order chi connectivity index (χ0) is 13.0. The van der Waals surface area contributed by atoms with E-state index in [-0.39, 0.29) is 0 Å². The van der Waals surface area contributed by atoms with Crippen LogP contribution >= 0.6 is 11.8 Å². The summed E-state index contributed by atoms with van der Waals surface area (Å²) in [5.74, 6) is 0. The molecule has 1 unspecified atom stereocenters. The van der Waals surface area contributed by atoms with Crippen molar-refractivity contribution in [2.24, 2.45) is 0 Å². The summed E-state index contributed by atoms with van der Waals surface area (Å²) >= 11 is 1.89. The Bertz CT molecular complexity index is 473. The number of nitrogens with zero attached hydrogens (tertiary/aromatic N) is 1. The molecule has 0 fully saturated rings. The molecule has 1 aromatic rings. The number of likely N-dealkylation sites (N-methyl/N-ethyl adjacent to an activating group) is 1. The maximum Gasteiger partial charge on any atom is 0.0766 e. The van der Waals surface area contributed by atoms with Gasteiger partial charge in [-0.05, 0) is 25.0 Å². The predicted molar refractivity (Wildman–Crippen MR) is 81.3 cm³/mol. The molecule has 2 heteroatoms. The molecule has 1 nitrogen and oxygen atoms in total. The summed E-state index contributed by atoms with van der Waals surface area (Å²) in [6.45, 7) is 6.11. The van der Waals surface area contributed by atoms with E-state index in [0.717, 1.165) is 6.42 Å². The minimum absolute atomic E-state index is 0.495. The smallest absolute Gasteiger partial charge is 0.0766 e. The summed E-state index contributed by atoms with van der Waals surface area (Å²) in [4.78, 5) is 3.58. The minimum Gasteiger partial charge on any atom is -0.362 e.